The summed E-state index contributed by atoms with van der Waals surface area (Å²) in [5, 5.41) is 0. The third kappa shape index (κ3) is 14.6. The average Bonchev–Trinajstić information content (AvgIpc) is 2.73. The molecule has 1 saturated carbocycles. The van der Waals surface area contributed by atoms with Gasteiger partial charge in [0.2, 0.25) is 0 Å². The fourth-order valence-electron chi connectivity index (χ4n) is 5.86. The summed E-state index contributed by atoms with van der Waals surface area (Å²) in [5.74, 6) is 3.04. The first-order valence-corrected chi connectivity index (χ1v) is 14.3. The van der Waals surface area contributed by atoms with Gasteiger partial charge < -0.3 is 0 Å². The third-order valence-electron chi connectivity index (χ3n) is 7.89. The minimum Gasteiger partial charge on any atom is -0.0654 e. The monoisotopic (exact) mass is 406 g/mol. The van der Waals surface area contributed by atoms with Crippen LogP contribution in [0.3, 0.4) is 0 Å². The summed E-state index contributed by atoms with van der Waals surface area (Å²) in [6.45, 7) is 7.30. The summed E-state index contributed by atoms with van der Waals surface area (Å²) < 4.78 is 0. The van der Waals surface area contributed by atoms with Crippen LogP contribution in [0.25, 0.3) is 0 Å². The van der Waals surface area contributed by atoms with Gasteiger partial charge in [-0.1, -0.05) is 162 Å². The molecule has 0 aromatic heterocycles. The molecule has 3 atom stereocenters. The van der Waals surface area contributed by atoms with Crippen molar-refractivity contribution in [3.05, 3.63) is 0 Å². The predicted octanol–water partition coefficient (Wildman–Crippen LogP) is 10.9. The van der Waals surface area contributed by atoms with Gasteiger partial charge in [-0.25, -0.2) is 0 Å². The molecule has 0 N–H and O–H groups in total. The first kappa shape index (κ1) is 27.0. The highest BCUT2D eigenvalue weighted by molar-refractivity contribution is 4.77. The van der Waals surface area contributed by atoms with E-state index < -0.39 is 0 Å². The number of hydrogen-bond acceptors (Lipinski definition) is 0. The predicted molar refractivity (Wildman–Crippen MR) is 134 cm³/mol. The van der Waals surface area contributed by atoms with Gasteiger partial charge in [0.1, 0.15) is 0 Å². The zero-order chi connectivity index (χ0) is 21.0. The lowest BCUT2D eigenvalue weighted by Crippen LogP contribution is -2.23. The molecule has 0 spiro atoms. The van der Waals surface area contributed by atoms with Crippen molar-refractivity contribution in [2.24, 2.45) is 17.8 Å². The molecule has 29 heavy (non-hydrogen) atoms. The molecular formula is C29H58. The molecule has 3 unspecified atom stereocenters. The molecule has 0 amide bonds. The molecule has 0 aromatic rings. The highest BCUT2D eigenvalue weighted by atomic mass is 14.3. The summed E-state index contributed by atoms with van der Waals surface area (Å²) in [6, 6.07) is 0. The lowest BCUT2D eigenvalue weighted by atomic mass is 9.72. The highest BCUT2D eigenvalue weighted by Crippen LogP contribution is 2.37. The van der Waals surface area contributed by atoms with Crippen molar-refractivity contribution >= 4 is 0 Å². The molecule has 1 aliphatic rings. The summed E-state index contributed by atoms with van der Waals surface area (Å²) in [7, 11) is 0. The second kappa shape index (κ2) is 19.9. The summed E-state index contributed by atoms with van der Waals surface area (Å²) in [4.78, 5) is 0. The van der Waals surface area contributed by atoms with E-state index in [4.69, 9.17) is 0 Å². The minimum absolute atomic E-state index is 0.975. The molecule has 0 heterocycles. The maximum absolute atomic E-state index is 2.60. The first-order valence-electron chi connectivity index (χ1n) is 14.3. The van der Waals surface area contributed by atoms with Crippen LogP contribution in [0.1, 0.15) is 168 Å². The van der Waals surface area contributed by atoms with E-state index >= 15 is 0 Å². The van der Waals surface area contributed by atoms with Gasteiger partial charge in [-0.15, -0.1) is 0 Å². The van der Waals surface area contributed by atoms with Crippen molar-refractivity contribution in [2.45, 2.75) is 168 Å². The van der Waals surface area contributed by atoms with E-state index in [0.29, 0.717) is 0 Å². The molecule has 0 radical (unpaired) electrons. The summed E-state index contributed by atoms with van der Waals surface area (Å²) in [6.07, 6.45) is 34.2. The third-order valence-corrected chi connectivity index (χ3v) is 7.89. The molecule has 1 aliphatic carbocycles. The number of hydrogen-bond donors (Lipinski definition) is 0. The Kier molecular flexibility index (Phi) is 18.6. The molecule has 1 rings (SSSR count). The van der Waals surface area contributed by atoms with Gasteiger partial charge in [-0.05, 0) is 24.2 Å². The van der Waals surface area contributed by atoms with Crippen molar-refractivity contribution in [3.8, 4) is 0 Å². The quantitative estimate of drug-likeness (QED) is 0.223. The van der Waals surface area contributed by atoms with Gasteiger partial charge >= 0.3 is 0 Å². The molecule has 0 bridgehead atoms. The smallest absolute Gasteiger partial charge is 0.0360 e. The van der Waals surface area contributed by atoms with E-state index in [2.05, 4.69) is 20.8 Å². The maximum atomic E-state index is 2.60. The average molecular weight is 407 g/mol. The Balaban J connectivity index is 2.25. The number of rotatable bonds is 16. The van der Waals surface area contributed by atoms with E-state index in [1.807, 2.05) is 0 Å². The van der Waals surface area contributed by atoms with Crippen LogP contribution in [-0.4, -0.2) is 0 Å². The molecular weight excluding hydrogens is 348 g/mol. The second-order valence-corrected chi connectivity index (χ2v) is 10.6. The Morgan fingerprint density at radius 1 is 0.517 bits per heavy atom. The lowest BCUT2D eigenvalue weighted by Gasteiger charge is -2.33. The molecule has 0 saturated heterocycles. The lowest BCUT2D eigenvalue weighted by molar-refractivity contribution is 0.175. The van der Waals surface area contributed by atoms with Gasteiger partial charge in [0.05, 0.1) is 0 Å². The van der Waals surface area contributed by atoms with Crippen molar-refractivity contribution in [3.63, 3.8) is 0 Å². The molecule has 1 fully saturated rings. The van der Waals surface area contributed by atoms with E-state index in [-0.39, 0.29) is 0 Å². The molecule has 0 nitrogen and oxygen atoms in total. The van der Waals surface area contributed by atoms with Gasteiger partial charge in [0, 0.05) is 0 Å². The SMILES string of the molecule is CCCCCCCCCCCCCC(CCCC)C1CCCCCCCCC1C. The van der Waals surface area contributed by atoms with Gasteiger partial charge in [-0.3, -0.25) is 0 Å². The van der Waals surface area contributed by atoms with Crippen molar-refractivity contribution in [1.29, 1.82) is 0 Å². The largest absolute Gasteiger partial charge is 0.0654 e. The number of unbranched alkanes of at least 4 members (excludes halogenated alkanes) is 11. The molecule has 174 valence electrons. The van der Waals surface area contributed by atoms with E-state index in [1.54, 1.807) is 0 Å². The van der Waals surface area contributed by atoms with Crippen LogP contribution in [-0.2, 0) is 0 Å². The highest BCUT2D eigenvalue weighted by Gasteiger charge is 2.26. The molecule has 0 heteroatoms. The Morgan fingerprint density at radius 3 is 1.55 bits per heavy atom. The zero-order valence-corrected chi connectivity index (χ0v) is 21.0. The Morgan fingerprint density at radius 2 is 0.966 bits per heavy atom. The molecule has 0 aliphatic heterocycles. The Bertz CT molecular complexity index is 320. The molecule has 0 aromatic carbocycles. The van der Waals surface area contributed by atoms with Crippen LogP contribution < -0.4 is 0 Å². The van der Waals surface area contributed by atoms with Crippen LogP contribution in [0.5, 0.6) is 0 Å². The van der Waals surface area contributed by atoms with Crippen molar-refractivity contribution in [1.82, 2.24) is 0 Å². The topological polar surface area (TPSA) is 0 Å². The van der Waals surface area contributed by atoms with Crippen LogP contribution in [0.2, 0.25) is 0 Å². The van der Waals surface area contributed by atoms with E-state index in [0.717, 1.165) is 17.8 Å². The van der Waals surface area contributed by atoms with Gasteiger partial charge in [0.25, 0.3) is 0 Å². The van der Waals surface area contributed by atoms with Crippen LogP contribution in [0.15, 0.2) is 0 Å². The maximum Gasteiger partial charge on any atom is -0.0360 e. The van der Waals surface area contributed by atoms with E-state index in [1.165, 1.54) is 148 Å². The summed E-state index contributed by atoms with van der Waals surface area (Å²) >= 11 is 0. The van der Waals surface area contributed by atoms with Crippen molar-refractivity contribution in [2.75, 3.05) is 0 Å². The summed E-state index contributed by atoms with van der Waals surface area (Å²) in [5.41, 5.74) is 0. The normalized spacial score (nSPS) is 22.4. The minimum atomic E-state index is 0.975. The van der Waals surface area contributed by atoms with E-state index in [9.17, 15) is 0 Å². The fourth-order valence-corrected chi connectivity index (χ4v) is 5.86. The van der Waals surface area contributed by atoms with Crippen LogP contribution >= 0.6 is 0 Å². The standard InChI is InChI=1S/C29H58/c1-4-6-8-9-10-11-12-13-14-18-21-25-28(24-7-5-2)29-26-22-19-16-15-17-20-23-27(29)3/h27-29H,4-26H2,1-3H3. The van der Waals surface area contributed by atoms with Crippen LogP contribution in [0, 0.1) is 17.8 Å². The second-order valence-electron chi connectivity index (χ2n) is 10.6. The Labute approximate surface area is 186 Å². The Hall–Kier alpha value is 0. The van der Waals surface area contributed by atoms with Gasteiger partial charge in [0.15, 0.2) is 0 Å². The fraction of sp³-hybridized carbons (Fsp3) is 1.00. The zero-order valence-electron chi connectivity index (χ0n) is 21.0. The first-order chi connectivity index (χ1) is 14.3. The van der Waals surface area contributed by atoms with Crippen LogP contribution in [0.4, 0.5) is 0 Å². The van der Waals surface area contributed by atoms with Crippen molar-refractivity contribution < 1.29 is 0 Å². The van der Waals surface area contributed by atoms with Gasteiger partial charge in [-0.2, -0.15) is 0 Å².